The SMILES string of the molecule is CNc1c2ncn([C@@H]3O[C@H](CO)[C@@H](O)[C@H]3O)c2nc[n+]1OCc1cccc(C)c1. The molecule has 0 spiro atoms. The number of aromatic nitrogens is 4. The first-order valence-electron chi connectivity index (χ1n) is 9.29. The Hall–Kier alpha value is -2.79. The van der Waals surface area contributed by atoms with E-state index >= 15 is 0 Å². The van der Waals surface area contributed by atoms with Crippen LogP contribution in [0.3, 0.4) is 0 Å². The van der Waals surface area contributed by atoms with Gasteiger partial charge in [0.15, 0.2) is 12.8 Å². The fourth-order valence-corrected chi connectivity index (χ4v) is 3.49. The Kier molecular flexibility index (Phi) is 5.33. The zero-order valence-corrected chi connectivity index (χ0v) is 16.1. The smallest absolute Gasteiger partial charge is 0.291 e. The molecular formula is C19H24N5O5+. The van der Waals surface area contributed by atoms with E-state index in [9.17, 15) is 15.3 Å². The Bertz CT molecular complexity index is 1010. The van der Waals surface area contributed by atoms with E-state index in [4.69, 9.17) is 9.57 Å². The number of benzene rings is 1. The predicted molar refractivity (Wildman–Crippen MR) is 102 cm³/mol. The summed E-state index contributed by atoms with van der Waals surface area (Å²) in [5.41, 5.74) is 3.13. The van der Waals surface area contributed by atoms with E-state index in [0.29, 0.717) is 23.6 Å². The summed E-state index contributed by atoms with van der Waals surface area (Å²) in [4.78, 5) is 14.6. The van der Waals surface area contributed by atoms with Crippen LogP contribution >= 0.6 is 0 Å². The molecule has 0 aliphatic carbocycles. The third kappa shape index (κ3) is 3.51. The predicted octanol–water partition coefficient (Wildman–Crippen LogP) is -0.691. The van der Waals surface area contributed by atoms with Crippen molar-refractivity contribution in [2.45, 2.75) is 38.1 Å². The summed E-state index contributed by atoms with van der Waals surface area (Å²) < 4.78 is 8.61. The summed E-state index contributed by atoms with van der Waals surface area (Å²) >= 11 is 0. The van der Waals surface area contributed by atoms with Crippen LogP contribution in [0.2, 0.25) is 0 Å². The maximum Gasteiger partial charge on any atom is 0.291 e. The van der Waals surface area contributed by atoms with Gasteiger partial charge in [-0.3, -0.25) is 4.57 Å². The van der Waals surface area contributed by atoms with E-state index < -0.39 is 31.1 Å². The molecule has 1 fully saturated rings. The summed E-state index contributed by atoms with van der Waals surface area (Å²) in [5, 5.41) is 32.7. The molecule has 1 saturated heterocycles. The van der Waals surface area contributed by atoms with E-state index in [2.05, 4.69) is 15.3 Å². The molecule has 1 aromatic carbocycles. The van der Waals surface area contributed by atoms with Crippen molar-refractivity contribution in [3.63, 3.8) is 0 Å². The molecule has 4 atom stereocenters. The Labute approximate surface area is 166 Å². The average molecular weight is 402 g/mol. The number of hydrogen-bond acceptors (Lipinski definition) is 8. The number of imidazole rings is 1. The fourth-order valence-electron chi connectivity index (χ4n) is 3.49. The second kappa shape index (κ2) is 7.91. The van der Waals surface area contributed by atoms with E-state index in [1.54, 1.807) is 7.05 Å². The number of fused-ring (bicyclic) bond motifs is 1. The average Bonchev–Trinajstić information content (AvgIpc) is 3.27. The second-order valence-corrected chi connectivity index (χ2v) is 6.98. The number of rotatable bonds is 6. The Balaban J connectivity index is 1.63. The molecule has 0 radical (unpaired) electrons. The molecule has 2 aromatic heterocycles. The van der Waals surface area contributed by atoms with Gasteiger partial charge in [0.25, 0.3) is 12.1 Å². The normalized spacial score (nSPS) is 24.2. The van der Waals surface area contributed by atoms with Crippen LogP contribution in [0.1, 0.15) is 17.4 Å². The van der Waals surface area contributed by atoms with Crippen LogP contribution in [0.4, 0.5) is 5.82 Å². The molecule has 4 rings (SSSR count). The van der Waals surface area contributed by atoms with Gasteiger partial charge in [0.1, 0.15) is 24.6 Å². The molecule has 1 aliphatic rings. The largest absolute Gasteiger partial charge is 0.394 e. The number of ether oxygens (including phenoxy) is 1. The van der Waals surface area contributed by atoms with Crippen LogP contribution in [0.5, 0.6) is 0 Å². The van der Waals surface area contributed by atoms with Crippen molar-refractivity contribution < 1.29 is 29.6 Å². The molecule has 0 unspecified atom stereocenters. The number of aliphatic hydroxyl groups is 3. The highest BCUT2D eigenvalue weighted by molar-refractivity contribution is 5.80. The van der Waals surface area contributed by atoms with Gasteiger partial charge in [0.2, 0.25) is 11.2 Å². The summed E-state index contributed by atoms with van der Waals surface area (Å²) in [6, 6.07) is 8.02. The maximum absolute atomic E-state index is 10.3. The minimum atomic E-state index is -1.21. The van der Waals surface area contributed by atoms with Crippen molar-refractivity contribution in [3.05, 3.63) is 48.0 Å². The second-order valence-electron chi connectivity index (χ2n) is 6.98. The van der Waals surface area contributed by atoms with Gasteiger partial charge in [-0.2, -0.15) is 0 Å². The lowest BCUT2D eigenvalue weighted by molar-refractivity contribution is -0.885. The summed E-state index contributed by atoms with van der Waals surface area (Å²) in [7, 11) is 1.74. The first-order valence-corrected chi connectivity index (χ1v) is 9.29. The lowest BCUT2D eigenvalue weighted by Crippen LogP contribution is -2.45. The third-order valence-corrected chi connectivity index (χ3v) is 4.98. The fraction of sp³-hybridized carbons (Fsp3) is 0.421. The molecule has 10 heteroatoms. The zero-order valence-electron chi connectivity index (χ0n) is 16.1. The summed E-state index contributed by atoms with van der Waals surface area (Å²) in [6.07, 6.45) is -1.21. The van der Waals surface area contributed by atoms with Gasteiger partial charge >= 0.3 is 0 Å². The van der Waals surface area contributed by atoms with Gasteiger partial charge in [-0.05, 0) is 12.5 Å². The van der Waals surface area contributed by atoms with Crippen LogP contribution in [-0.4, -0.2) is 61.8 Å². The minimum absolute atomic E-state index is 0.351. The van der Waals surface area contributed by atoms with Gasteiger partial charge < -0.3 is 30.2 Å². The van der Waals surface area contributed by atoms with Crippen molar-refractivity contribution >= 4 is 17.0 Å². The van der Waals surface area contributed by atoms with Crippen molar-refractivity contribution in [2.24, 2.45) is 0 Å². The molecule has 1 aliphatic heterocycles. The summed E-state index contributed by atoms with van der Waals surface area (Å²) in [5.74, 6) is 0.577. The molecule has 0 amide bonds. The van der Waals surface area contributed by atoms with Crippen molar-refractivity contribution in [1.82, 2.24) is 14.5 Å². The quantitative estimate of drug-likeness (QED) is 0.399. The van der Waals surface area contributed by atoms with E-state index in [-0.39, 0.29) is 0 Å². The number of hydrogen-bond donors (Lipinski definition) is 4. The number of aliphatic hydroxyl groups excluding tert-OH is 3. The molecular weight excluding hydrogens is 378 g/mol. The van der Waals surface area contributed by atoms with Gasteiger partial charge in [-0.1, -0.05) is 39.5 Å². The minimum Gasteiger partial charge on any atom is -0.394 e. The monoisotopic (exact) mass is 402 g/mol. The van der Waals surface area contributed by atoms with Crippen LogP contribution in [0, 0.1) is 6.92 Å². The molecule has 3 heterocycles. The van der Waals surface area contributed by atoms with Crippen LogP contribution < -0.4 is 14.9 Å². The Morgan fingerprint density at radius 3 is 2.79 bits per heavy atom. The number of anilines is 1. The highest BCUT2D eigenvalue weighted by Crippen LogP contribution is 2.31. The highest BCUT2D eigenvalue weighted by atomic mass is 16.7. The molecule has 0 bridgehead atoms. The molecule has 29 heavy (non-hydrogen) atoms. The molecule has 154 valence electrons. The Morgan fingerprint density at radius 1 is 1.28 bits per heavy atom. The zero-order chi connectivity index (χ0) is 20.5. The molecule has 10 nitrogen and oxygen atoms in total. The van der Waals surface area contributed by atoms with Crippen LogP contribution in [-0.2, 0) is 11.3 Å². The van der Waals surface area contributed by atoms with E-state index in [1.807, 2.05) is 31.2 Å². The number of nitrogens with zero attached hydrogens (tertiary/aromatic N) is 4. The van der Waals surface area contributed by atoms with E-state index in [1.165, 1.54) is 22.0 Å². The van der Waals surface area contributed by atoms with Crippen molar-refractivity contribution in [1.29, 1.82) is 0 Å². The van der Waals surface area contributed by atoms with Crippen LogP contribution in [0.25, 0.3) is 11.2 Å². The third-order valence-electron chi connectivity index (χ3n) is 4.98. The molecule has 4 N–H and O–H groups in total. The van der Waals surface area contributed by atoms with Gasteiger partial charge in [0.05, 0.1) is 13.7 Å². The highest BCUT2D eigenvalue weighted by Gasteiger charge is 2.44. The van der Waals surface area contributed by atoms with Gasteiger partial charge in [-0.25, -0.2) is 4.98 Å². The molecule has 3 aromatic rings. The first kappa shape index (κ1) is 19.5. The lowest BCUT2D eigenvalue weighted by atomic mass is 10.1. The van der Waals surface area contributed by atoms with Gasteiger partial charge in [0, 0.05) is 0 Å². The number of aryl methyl sites for hydroxylation is 1. The standard InChI is InChI=1S/C19H23N5O5/c1-11-4-3-5-12(6-11)8-28-24-10-22-18-14(17(24)20-2)21-9-23(18)19-16(27)15(26)13(7-25)29-19/h3-6,9-10,13,15-16,19,25-27H,7-8H2,1-2H3/p+1/t13-,15-,16-,19-/m1/s1. The lowest BCUT2D eigenvalue weighted by Gasteiger charge is -2.15. The van der Waals surface area contributed by atoms with Crippen molar-refractivity contribution in [2.75, 3.05) is 19.0 Å². The maximum atomic E-state index is 10.3. The first-order chi connectivity index (χ1) is 14.0. The number of nitrogens with one attached hydrogen (secondary N) is 1. The van der Waals surface area contributed by atoms with E-state index in [0.717, 1.165) is 11.1 Å². The van der Waals surface area contributed by atoms with Crippen molar-refractivity contribution in [3.8, 4) is 0 Å². The van der Waals surface area contributed by atoms with Crippen LogP contribution in [0.15, 0.2) is 36.9 Å². The Morgan fingerprint density at radius 2 is 2.10 bits per heavy atom. The topological polar surface area (TPSA) is 126 Å². The summed E-state index contributed by atoms with van der Waals surface area (Å²) in [6.45, 7) is 1.97. The van der Waals surface area contributed by atoms with Gasteiger partial charge in [-0.15, -0.1) is 0 Å². The molecule has 0 saturated carbocycles.